The van der Waals surface area contributed by atoms with Crippen LogP contribution in [0.1, 0.15) is 97.6 Å². The summed E-state index contributed by atoms with van der Waals surface area (Å²) in [6.45, 7) is 6.51. The molecule has 2 aliphatic rings. The summed E-state index contributed by atoms with van der Waals surface area (Å²) in [4.78, 5) is 36.3. The lowest BCUT2D eigenvalue weighted by Crippen LogP contribution is -2.39. The fourth-order valence-corrected chi connectivity index (χ4v) is 7.01. The number of fused-ring (bicyclic) bond motifs is 2. The first kappa shape index (κ1) is 31.0. The van der Waals surface area contributed by atoms with E-state index >= 15 is 0 Å². The molecule has 0 saturated heterocycles. The third kappa shape index (κ3) is 5.90. The maximum atomic E-state index is 14.5. The summed E-state index contributed by atoms with van der Waals surface area (Å²) in [5.41, 5.74) is 4.97. The molecule has 0 aromatic carbocycles. The Kier molecular flexibility index (Phi) is 8.82. The smallest absolute Gasteiger partial charge is 0.333 e. The van der Waals surface area contributed by atoms with Crippen LogP contribution in [0.15, 0.2) is 53.6 Å². The molecule has 2 unspecified atom stereocenters. The second-order valence-corrected chi connectivity index (χ2v) is 12.8. The molecule has 2 aliphatic carbocycles. The molecule has 0 radical (unpaired) electrons. The highest BCUT2D eigenvalue weighted by molar-refractivity contribution is 6.30. The van der Waals surface area contributed by atoms with Crippen LogP contribution in [0, 0.1) is 12.8 Å². The summed E-state index contributed by atoms with van der Waals surface area (Å²) in [7, 11) is 2.00. The van der Waals surface area contributed by atoms with Gasteiger partial charge in [0, 0.05) is 42.8 Å². The van der Waals surface area contributed by atoms with Crippen molar-refractivity contribution in [1.82, 2.24) is 29.0 Å². The van der Waals surface area contributed by atoms with Crippen LogP contribution in [0.5, 0.6) is 0 Å². The zero-order chi connectivity index (χ0) is 31.8. The van der Waals surface area contributed by atoms with Gasteiger partial charge < -0.3 is 9.88 Å². The lowest BCUT2D eigenvalue weighted by atomic mass is 9.85. The number of hydrogen-bond acceptors (Lipinski definition) is 4. The van der Waals surface area contributed by atoms with Gasteiger partial charge in [0.15, 0.2) is 0 Å². The highest BCUT2D eigenvalue weighted by Gasteiger charge is 2.30. The predicted molar refractivity (Wildman–Crippen MR) is 177 cm³/mol. The fourth-order valence-electron chi connectivity index (χ4n) is 6.85. The number of halogens is 2. The zero-order valence-electron chi connectivity index (χ0n) is 26.3. The van der Waals surface area contributed by atoms with Crippen LogP contribution in [0.3, 0.4) is 0 Å². The van der Waals surface area contributed by atoms with Gasteiger partial charge in [-0.15, -0.1) is 0 Å². The number of allylic oxidation sites excluding steroid dienone is 3. The fraction of sp³-hybridized carbons (Fsp3) is 0.429. The molecule has 10 heteroatoms. The average molecular weight is 631 g/mol. The second kappa shape index (κ2) is 12.8. The Bertz CT molecular complexity index is 1860. The maximum absolute atomic E-state index is 14.5. The van der Waals surface area contributed by atoms with Gasteiger partial charge in [-0.3, -0.25) is 18.9 Å². The van der Waals surface area contributed by atoms with Gasteiger partial charge in [-0.05, 0) is 75.6 Å². The zero-order valence-corrected chi connectivity index (χ0v) is 27.0. The predicted octanol–water partition coefficient (Wildman–Crippen LogP) is 7.37. The molecule has 6 rings (SSSR count). The van der Waals surface area contributed by atoms with Gasteiger partial charge >= 0.3 is 5.69 Å². The number of hydrogen-bond donors (Lipinski definition) is 1. The van der Waals surface area contributed by atoms with Crippen LogP contribution in [0.4, 0.5) is 4.39 Å². The van der Waals surface area contributed by atoms with Crippen molar-refractivity contribution in [2.24, 2.45) is 13.0 Å². The second-order valence-electron chi connectivity index (χ2n) is 12.4. The van der Waals surface area contributed by atoms with E-state index in [1.807, 2.05) is 22.3 Å². The molecule has 4 heterocycles. The van der Waals surface area contributed by atoms with Crippen LogP contribution in [-0.2, 0) is 13.6 Å². The SMILES string of the molecule is CCC(F)c1ncc(Cl)cc1C(=O)NC1CCC(Cn2c3c(n(-c4cnc5c(c4)cc(C)n5C)c2=O)C(CC)C=CC=C3)CC1. The summed E-state index contributed by atoms with van der Waals surface area (Å²) < 4.78 is 20.4. The van der Waals surface area contributed by atoms with Gasteiger partial charge in [0.1, 0.15) is 11.8 Å². The number of aryl methyl sites for hydroxylation is 2. The minimum Gasteiger partial charge on any atom is -0.349 e. The van der Waals surface area contributed by atoms with Crippen molar-refractivity contribution >= 4 is 34.6 Å². The molecule has 236 valence electrons. The van der Waals surface area contributed by atoms with Gasteiger partial charge in [-0.2, -0.15) is 0 Å². The van der Waals surface area contributed by atoms with Crippen LogP contribution < -0.4 is 11.0 Å². The van der Waals surface area contributed by atoms with Crippen LogP contribution >= 0.6 is 11.6 Å². The Morgan fingerprint density at radius 1 is 1.11 bits per heavy atom. The first-order chi connectivity index (χ1) is 21.7. The number of aromatic nitrogens is 5. The van der Waals surface area contributed by atoms with E-state index in [9.17, 15) is 14.0 Å². The van der Waals surface area contributed by atoms with E-state index in [1.165, 1.54) is 12.3 Å². The third-order valence-corrected chi connectivity index (χ3v) is 9.68. The normalized spacial score (nSPS) is 20.3. The van der Waals surface area contributed by atoms with E-state index in [1.54, 1.807) is 13.1 Å². The Labute approximate surface area is 267 Å². The topological polar surface area (TPSA) is 86.7 Å². The van der Waals surface area contributed by atoms with E-state index in [0.717, 1.165) is 65.9 Å². The molecule has 0 bridgehead atoms. The molecule has 1 amide bonds. The van der Waals surface area contributed by atoms with E-state index in [-0.39, 0.29) is 47.2 Å². The van der Waals surface area contributed by atoms with E-state index in [2.05, 4.69) is 59.1 Å². The van der Waals surface area contributed by atoms with Crippen molar-refractivity contribution in [2.45, 2.75) is 84.0 Å². The van der Waals surface area contributed by atoms with Gasteiger partial charge in [0.25, 0.3) is 5.91 Å². The lowest BCUT2D eigenvalue weighted by Gasteiger charge is -2.29. The van der Waals surface area contributed by atoms with Crippen LogP contribution in [0.25, 0.3) is 22.8 Å². The van der Waals surface area contributed by atoms with Crippen LogP contribution in [-0.4, -0.2) is 35.6 Å². The number of amides is 1. The van der Waals surface area contributed by atoms with Crippen LogP contribution in [0.2, 0.25) is 5.02 Å². The molecule has 1 saturated carbocycles. The van der Waals surface area contributed by atoms with Gasteiger partial charge in [0.05, 0.1) is 39.6 Å². The number of pyridine rings is 2. The van der Waals surface area contributed by atoms with E-state index < -0.39 is 6.17 Å². The molecule has 0 spiro atoms. The quantitative estimate of drug-likeness (QED) is 0.220. The molecule has 45 heavy (non-hydrogen) atoms. The number of rotatable bonds is 8. The van der Waals surface area contributed by atoms with Crippen molar-refractivity contribution in [3.05, 3.63) is 92.7 Å². The summed E-state index contributed by atoms with van der Waals surface area (Å²) in [6.07, 6.45) is 14.5. The first-order valence-electron chi connectivity index (χ1n) is 15.9. The number of carbonyl (C=O) groups is 1. The average Bonchev–Trinajstić information content (AvgIpc) is 3.36. The first-order valence-corrected chi connectivity index (χ1v) is 16.3. The standard InChI is InChI=1S/C35H40ClFN6O2/c1-5-23-9-7-8-10-30-32(23)43(27-16-24-15-21(3)41(4)33(24)39-19-27)35(45)42(30)20-22-11-13-26(14-12-22)40-34(44)28-17-25(36)18-38-31(28)29(37)6-2/h7-10,15-19,22-23,26,29H,5-6,11-14,20H2,1-4H3,(H,40,44). The molecule has 1 N–H and O–H groups in total. The van der Waals surface area contributed by atoms with Gasteiger partial charge in [-0.1, -0.05) is 43.7 Å². The molecular weight excluding hydrogens is 591 g/mol. The minimum atomic E-state index is -1.33. The van der Waals surface area contributed by atoms with Crippen molar-refractivity contribution in [1.29, 1.82) is 0 Å². The van der Waals surface area contributed by atoms with E-state index in [0.29, 0.717) is 11.6 Å². The Morgan fingerprint density at radius 2 is 1.89 bits per heavy atom. The largest absolute Gasteiger partial charge is 0.349 e. The van der Waals surface area contributed by atoms with Crippen molar-refractivity contribution in [3.8, 4) is 5.69 Å². The number of imidazole rings is 1. The molecule has 4 aromatic rings. The highest BCUT2D eigenvalue weighted by Crippen LogP contribution is 2.33. The molecule has 8 nitrogen and oxygen atoms in total. The maximum Gasteiger partial charge on any atom is 0.333 e. The van der Waals surface area contributed by atoms with Gasteiger partial charge in [0.2, 0.25) is 0 Å². The Morgan fingerprint density at radius 3 is 2.62 bits per heavy atom. The highest BCUT2D eigenvalue weighted by atomic mass is 35.5. The summed E-state index contributed by atoms with van der Waals surface area (Å²) >= 11 is 6.11. The summed E-state index contributed by atoms with van der Waals surface area (Å²) in [5, 5.41) is 4.40. The molecule has 1 fully saturated rings. The third-order valence-electron chi connectivity index (χ3n) is 9.47. The van der Waals surface area contributed by atoms with Crippen molar-refractivity contribution in [3.63, 3.8) is 0 Å². The van der Waals surface area contributed by atoms with Crippen molar-refractivity contribution < 1.29 is 9.18 Å². The molecule has 2 atom stereocenters. The Balaban J connectivity index is 1.24. The molecule has 0 aliphatic heterocycles. The summed E-state index contributed by atoms with van der Waals surface area (Å²) in [6, 6.07) is 5.62. The Hall–Kier alpha value is -3.98. The lowest BCUT2D eigenvalue weighted by molar-refractivity contribution is 0.0916. The van der Waals surface area contributed by atoms with Gasteiger partial charge in [-0.25, -0.2) is 14.2 Å². The molecule has 4 aromatic heterocycles. The number of nitrogens with one attached hydrogen (secondary N) is 1. The number of alkyl halides is 1. The van der Waals surface area contributed by atoms with Crippen molar-refractivity contribution in [2.75, 3.05) is 0 Å². The minimum absolute atomic E-state index is 0.0422. The number of carbonyl (C=O) groups excluding carboxylic acids is 1. The molecular formula is C35H40ClFN6O2. The number of nitrogens with zero attached hydrogens (tertiary/aromatic N) is 5. The van der Waals surface area contributed by atoms with E-state index in [4.69, 9.17) is 16.6 Å². The summed E-state index contributed by atoms with van der Waals surface area (Å²) in [5.74, 6) is 0.0165. The monoisotopic (exact) mass is 630 g/mol.